The molecule has 1 amide bonds. The molecule has 0 N–H and O–H groups in total. The van der Waals surface area contributed by atoms with Crippen LogP contribution in [0.2, 0.25) is 0 Å². The van der Waals surface area contributed by atoms with Crippen molar-refractivity contribution in [3.05, 3.63) is 36.3 Å². The second kappa shape index (κ2) is 7.55. The van der Waals surface area contributed by atoms with Crippen LogP contribution in [0.5, 0.6) is 0 Å². The highest BCUT2D eigenvalue weighted by Gasteiger charge is 2.33. The van der Waals surface area contributed by atoms with Gasteiger partial charge in [0.1, 0.15) is 0 Å². The van der Waals surface area contributed by atoms with Gasteiger partial charge in [0.05, 0.1) is 0 Å². The minimum Gasteiger partial charge on any atom is -0.381 e. The molecular weight excluding hydrogens is 332 g/mol. The number of ether oxygens (including phenoxy) is 1. The first-order valence-corrected chi connectivity index (χ1v) is 9.22. The molecule has 7 heteroatoms. The van der Waals surface area contributed by atoms with E-state index < -0.39 is 0 Å². The minimum atomic E-state index is -0.0619. The molecule has 2 aliphatic heterocycles. The summed E-state index contributed by atoms with van der Waals surface area (Å²) >= 11 is 0. The van der Waals surface area contributed by atoms with Crippen molar-refractivity contribution >= 4 is 5.91 Å². The second-order valence-electron chi connectivity index (χ2n) is 7.00. The number of nitrogens with zero attached hydrogens (tertiary/aromatic N) is 4. The molecular formula is C19H24N4O3. The fraction of sp³-hybridized carbons (Fsp3) is 0.526. The Morgan fingerprint density at radius 3 is 2.69 bits per heavy atom. The number of rotatable bonds is 3. The van der Waals surface area contributed by atoms with Gasteiger partial charge in [0.2, 0.25) is 0 Å². The van der Waals surface area contributed by atoms with Crippen LogP contribution in [-0.4, -0.2) is 70.8 Å². The van der Waals surface area contributed by atoms with Gasteiger partial charge in [-0.2, -0.15) is 0 Å². The third-order valence-corrected chi connectivity index (χ3v) is 5.32. The van der Waals surface area contributed by atoms with Crippen LogP contribution in [0.4, 0.5) is 0 Å². The average molecular weight is 356 g/mol. The maximum Gasteiger partial charge on any atom is 0.276 e. The summed E-state index contributed by atoms with van der Waals surface area (Å²) in [6, 6.07) is 6.12. The molecule has 2 fully saturated rings. The summed E-state index contributed by atoms with van der Waals surface area (Å²) in [6.45, 7) is 6.30. The topological polar surface area (TPSA) is 71.7 Å². The summed E-state index contributed by atoms with van der Waals surface area (Å²) in [4.78, 5) is 21.3. The fourth-order valence-corrected chi connectivity index (χ4v) is 3.84. The quantitative estimate of drug-likeness (QED) is 0.838. The lowest BCUT2D eigenvalue weighted by atomic mass is 10.0. The van der Waals surface area contributed by atoms with Gasteiger partial charge in [0, 0.05) is 69.0 Å². The summed E-state index contributed by atoms with van der Waals surface area (Å²) in [7, 11) is 0. The Morgan fingerprint density at radius 2 is 1.96 bits per heavy atom. The van der Waals surface area contributed by atoms with Gasteiger partial charge in [-0.15, -0.1) is 0 Å². The summed E-state index contributed by atoms with van der Waals surface area (Å²) in [5.41, 5.74) is 1.23. The lowest BCUT2D eigenvalue weighted by Gasteiger charge is -2.44. The smallest absolute Gasteiger partial charge is 0.276 e. The van der Waals surface area contributed by atoms with E-state index in [1.165, 1.54) is 0 Å². The van der Waals surface area contributed by atoms with Crippen LogP contribution in [0, 0.1) is 0 Å². The first kappa shape index (κ1) is 17.2. The molecule has 0 unspecified atom stereocenters. The lowest BCUT2D eigenvalue weighted by molar-refractivity contribution is 0.000448. The maximum absolute atomic E-state index is 12.9. The predicted molar refractivity (Wildman–Crippen MR) is 95.6 cm³/mol. The van der Waals surface area contributed by atoms with Crippen LogP contribution in [0.25, 0.3) is 11.3 Å². The van der Waals surface area contributed by atoms with Crippen molar-refractivity contribution in [3.8, 4) is 11.3 Å². The molecule has 0 aromatic carbocycles. The van der Waals surface area contributed by atoms with Gasteiger partial charge in [-0.05, 0) is 31.9 Å². The molecule has 2 aromatic heterocycles. The van der Waals surface area contributed by atoms with E-state index in [0.717, 1.165) is 51.3 Å². The van der Waals surface area contributed by atoms with Crippen LogP contribution < -0.4 is 0 Å². The van der Waals surface area contributed by atoms with Crippen molar-refractivity contribution in [1.29, 1.82) is 0 Å². The Kier molecular flexibility index (Phi) is 4.99. The Morgan fingerprint density at radius 1 is 1.19 bits per heavy atom. The molecule has 26 heavy (non-hydrogen) atoms. The molecule has 138 valence electrons. The van der Waals surface area contributed by atoms with Crippen LogP contribution in [0.3, 0.4) is 0 Å². The molecule has 4 rings (SSSR count). The third-order valence-electron chi connectivity index (χ3n) is 5.32. The maximum atomic E-state index is 12.9. The molecule has 0 aliphatic carbocycles. The zero-order chi connectivity index (χ0) is 17.9. The largest absolute Gasteiger partial charge is 0.381 e. The van der Waals surface area contributed by atoms with Crippen LogP contribution >= 0.6 is 0 Å². The van der Waals surface area contributed by atoms with Gasteiger partial charge < -0.3 is 14.2 Å². The SMILES string of the molecule is C[C@H]1CN(C2CCOCC2)CCN1C(=O)c1cc(-c2ccncc2)on1. The number of pyridine rings is 1. The van der Waals surface area contributed by atoms with E-state index in [4.69, 9.17) is 9.26 Å². The monoisotopic (exact) mass is 356 g/mol. The number of hydrogen-bond acceptors (Lipinski definition) is 6. The number of piperazine rings is 1. The fourth-order valence-electron chi connectivity index (χ4n) is 3.84. The van der Waals surface area contributed by atoms with Crippen molar-refractivity contribution in [2.24, 2.45) is 0 Å². The molecule has 1 atom stereocenters. The van der Waals surface area contributed by atoms with Gasteiger partial charge in [0.25, 0.3) is 5.91 Å². The Bertz CT molecular complexity index is 742. The highest BCUT2D eigenvalue weighted by Crippen LogP contribution is 2.23. The molecule has 2 aliphatic rings. The van der Waals surface area contributed by atoms with E-state index in [1.807, 2.05) is 17.0 Å². The van der Waals surface area contributed by atoms with Gasteiger partial charge >= 0.3 is 0 Å². The first-order chi connectivity index (χ1) is 12.7. The third kappa shape index (κ3) is 3.50. The van der Waals surface area contributed by atoms with E-state index in [2.05, 4.69) is 22.0 Å². The van der Waals surface area contributed by atoms with Crippen LogP contribution in [0.15, 0.2) is 35.1 Å². The standard InChI is InChI=1S/C19H24N4O3/c1-14-13-22(16-4-10-25-11-5-16)8-9-23(14)19(24)17-12-18(26-21-17)15-2-6-20-7-3-15/h2-3,6-7,12,14,16H,4-5,8-11,13H2,1H3/t14-/m0/s1. The summed E-state index contributed by atoms with van der Waals surface area (Å²) in [5.74, 6) is 0.525. The first-order valence-electron chi connectivity index (χ1n) is 9.22. The number of carbonyl (C=O) groups excluding carboxylic acids is 1. The summed E-state index contributed by atoms with van der Waals surface area (Å²) < 4.78 is 10.8. The van der Waals surface area contributed by atoms with Crippen LogP contribution in [-0.2, 0) is 4.74 Å². The molecule has 0 radical (unpaired) electrons. The number of carbonyl (C=O) groups is 1. The van der Waals surface area contributed by atoms with E-state index >= 15 is 0 Å². The second-order valence-corrected chi connectivity index (χ2v) is 7.00. The van der Waals surface area contributed by atoms with Gasteiger partial charge in [-0.3, -0.25) is 14.7 Å². The zero-order valence-corrected chi connectivity index (χ0v) is 15.0. The van der Waals surface area contributed by atoms with E-state index in [0.29, 0.717) is 17.5 Å². The predicted octanol–water partition coefficient (Wildman–Crippen LogP) is 2.06. The molecule has 4 heterocycles. The minimum absolute atomic E-state index is 0.0619. The normalized spacial score (nSPS) is 22.5. The summed E-state index contributed by atoms with van der Waals surface area (Å²) in [6.07, 6.45) is 5.55. The van der Waals surface area contributed by atoms with E-state index in [1.54, 1.807) is 18.5 Å². The molecule has 0 saturated carbocycles. The molecule has 2 saturated heterocycles. The molecule has 0 spiro atoms. The van der Waals surface area contributed by atoms with Crippen molar-refractivity contribution in [1.82, 2.24) is 19.9 Å². The van der Waals surface area contributed by atoms with Crippen LogP contribution in [0.1, 0.15) is 30.3 Å². The van der Waals surface area contributed by atoms with E-state index in [-0.39, 0.29) is 11.9 Å². The lowest BCUT2D eigenvalue weighted by Crippen LogP contribution is -2.57. The summed E-state index contributed by atoms with van der Waals surface area (Å²) in [5, 5.41) is 3.99. The molecule has 0 bridgehead atoms. The van der Waals surface area contributed by atoms with Gasteiger partial charge in [-0.25, -0.2) is 0 Å². The molecule has 2 aromatic rings. The Hall–Kier alpha value is -2.25. The van der Waals surface area contributed by atoms with Gasteiger partial charge in [0.15, 0.2) is 11.5 Å². The van der Waals surface area contributed by atoms with Crippen molar-refractivity contribution < 1.29 is 14.1 Å². The van der Waals surface area contributed by atoms with Crippen molar-refractivity contribution in [2.75, 3.05) is 32.8 Å². The number of aromatic nitrogens is 2. The highest BCUT2D eigenvalue weighted by molar-refractivity contribution is 5.93. The van der Waals surface area contributed by atoms with Crippen molar-refractivity contribution in [3.63, 3.8) is 0 Å². The van der Waals surface area contributed by atoms with E-state index in [9.17, 15) is 4.79 Å². The average Bonchev–Trinajstić information content (AvgIpc) is 3.19. The van der Waals surface area contributed by atoms with Gasteiger partial charge in [-0.1, -0.05) is 5.16 Å². The number of hydrogen-bond donors (Lipinski definition) is 0. The highest BCUT2D eigenvalue weighted by atomic mass is 16.5. The van der Waals surface area contributed by atoms with Crippen molar-refractivity contribution in [2.45, 2.75) is 31.8 Å². The Labute approximate surface area is 152 Å². The zero-order valence-electron chi connectivity index (χ0n) is 15.0. The molecule has 7 nitrogen and oxygen atoms in total. The Balaban J connectivity index is 1.42. The number of amides is 1.